The normalized spacial score (nSPS) is 37.1. The third-order valence-corrected chi connectivity index (χ3v) is 5.18. The minimum absolute atomic E-state index is 0.751. The van der Waals surface area contributed by atoms with E-state index in [1.807, 2.05) is 0 Å². The van der Waals surface area contributed by atoms with Gasteiger partial charge < -0.3 is 15.1 Å². The van der Waals surface area contributed by atoms with E-state index in [0.29, 0.717) is 0 Å². The fourth-order valence-corrected chi connectivity index (χ4v) is 4.16. The number of likely N-dealkylation sites (N-methyl/N-ethyl adjacent to an activating group) is 1. The van der Waals surface area contributed by atoms with Crippen molar-refractivity contribution in [3.05, 3.63) is 0 Å². The van der Waals surface area contributed by atoms with Crippen LogP contribution in [0.3, 0.4) is 0 Å². The first-order valence-corrected chi connectivity index (χ1v) is 8.24. The van der Waals surface area contributed by atoms with Crippen molar-refractivity contribution in [3.63, 3.8) is 0 Å². The smallest absolute Gasteiger partial charge is 0.0254 e. The summed E-state index contributed by atoms with van der Waals surface area (Å²) in [7, 11) is 4.46. The van der Waals surface area contributed by atoms with Gasteiger partial charge in [-0.1, -0.05) is 26.7 Å². The number of hydrogen-bond acceptors (Lipinski definition) is 3. The molecule has 1 N–H and O–H groups in total. The lowest BCUT2D eigenvalue weighted by atomic mass is 9.84. The summed E-state index contributed by atoms with van der Waals surface area (Å²) in [5.74, 6) is 1.69. The number of likely N-dealkylation sites (tertiary alicyclic amines) is 1. The zero-order valence-corrected chi connectivity index (χ0v) is 13.4. The second-order valence-corrected chi connectivity index (χ2v) is 6.94. The summed E-state index contributed by atoms with van der Waals surface area (Å²) in [5, 5.41) is 3.72. The number of hydrogen-bond donors (Lipinski definition) is 1. The summed E-state index contributed by atoms with van der Waals surface area (Å²) >= 11 is 0. The average molecular weight is 267 g/mol. The summed E-state index contributed by atoms with van der Waals surface area (Å²) in [5.41, 5.74) is 0. The van der Waals surface area contributed by atoms with Crippen LogP contribution in [0.2, 0.25) is 0 Å². The molecule has 1 saturated heterocycles. The predicted octanol–water partition coefficient (Wildman–Crippen LogP) is 2.04. The van der Waals surface area contributed by atoms with Gasteiger partial charge in [-0.3, -0.25) is 0 Å². The molecule has 2 aliphatic rings. The molecule has 3 heteroatoms. The van der Waals surface area contributed by atoms with Gasteiger partial charge in [0, 0.05) is 31.7 Å². The molecule has 3 nitrogen and oxygen atoms in total. The van der Waals surface area contributed by atoms with E-state index < -0.39 is 0 Å². The topological polar surface area (TPSA) is 18.5 Å². The molecule has 0 amide bonds. The van der Waals surface area contributed by atoms with Crippen LogP contribution < -0.4 is 5.32 Å². The van der Waals surface area contributed by atoms with Crippen LogP contribution in [0.25, 0.3) is 0 Å². The highest BCUT2D eigenvalue weighted by Gasteiger charge is 2.34. The SMILES string of the molecule is CCNC1CCCCC1CN1CC(C)C(N(C)C)C1. The fourth-order valence-electron chi connectivity index (χ4n) is 4.16. The molecule has 112 valence electrons. The van der Waals surface area contributed by atoms with Gasteiger partial charge in [-0.25, -0.2) is 0 Å². The van der Waals surface area contributed by atoms with Gasteiger partial charge >= 0.3 is 0 Å². The van der Waals surface area contributed by atoms with Crippen LogP contribution in [0.1, 0.15) is 39.5 Å². The third-order valence-electron chi connectivity index (χ3n) is 5.18. The highest BCUT2D eigenvalue weighted by molar-refractivity contribution is 4.90. The second kappa shape index (κ2) is 7.05. The van der Waals surface area contributed by atoms with E-state index in [2.05, 4.69) is 43.1 Å². The zero-order chi connectivity index (χ0) is 13.8. The highest BCUT2D eigenvalue weighted by atomic mass is 15.2. The molecular weight excluding hydrogens is 234 g/mol. The number of nitrogens with zero attached hydrogens (tertiary/aromatic N) is 2. The summed E-state index contributed by atoms with van der Waals surface area (Å²) in [6, 6.07) is 1.52. The van der Waals surface area contributed by atoms with Gasteiger partial charge in [0.15, 0.2) is 0 Å². The molecule has 0 bridgehead atoms. The van der Waals surface area contributed by atoms with E-state index in [1.54, 1.807) is 0 Å². The Kier molecular flexibility index (Phi) is 5.67. The lowest BCUT2D eigenvalue weighted by Gasteiger charge is -2.35. The Morgan fingerprint density at radius 2 is 1.89 bits per heavy atom. The minimum atomic E-state index is 0.751. The summed E-state index contributed by atoms with van der Waals surface area (Å²) in [4.78, 5) is 5.13. The van der Waals surface area contributed by atoms with Gasteiger partial charge in [-0.05, 0) is 45.3 Å². The van der Waals surface area contributed by atoms with Crippen LogP contribution in [-0.4, -0.2) is 62.2 Å². The Hall–Kier alpha value is -0.120. The van der Waals surface area contributed by atoms with Crippen LogP contribution in [-0.2, 0) is 0 Å². The van der Waals surface area contributed by atoms with Gasteiger partial charge in [0.1, 0.15) is 0 Å². The molecule has 2 rings (SSSR count). The molecular formula is C16H33N3. The van der Waals surface area contributed by atoms with Gasteiger partial charge in [0.2, 0.25) is 0 Å². The largest absolute Gasteiger partial charge is 0.314 e. The second-order valence-electron chi connectivity index (χ2n) is 6.94. The maximum Gasteiger partial charge on any atom is 0.0254 e. The van der Waals surface area contributed by atoms with E-state index >= 15 is 0 Å². The molecule has 1 aliphatic carbocycles. The van der Waals surface area contributed by atoms with E-state index in [1.165, 1.54) is 45.3 Å². The molecule has 4 atom stereocenters. The standard InChI is InChI=1S/C16H33N3/c1-5-17-15-9-7-6-8-14(15)11-19-10-13(2)16(12-19)18(3)4/h13-17H,5-12H2,1-4H3. The Labute approximate surface area is 119 Å². The molecule has 19 heavy (non-hydrogen) atoms. The maximum atomic E-state index is 3.72. The Morgan fingerprint density at radius 1 is 1.16 bits per heavy atom. The van der Waals surface area contributed by atoms with Crippen molar-refractivity contribution in [2.24, 2.45) is 11.8 Å². The van der Waals surface area contributed by atoms with E-state index in [4.69, 9.17) is 0 Å². The van der Waals surface area contributed by atoms with Crippen molar-refractivity contribution >= 4 is 0 Å². The van der Waals surface area contributed by atoms with Crippen LogP contribution in [0, 0.1) is 11.8 Å². The van der Waals surface area contributed by atoms with Crippen molar-refractivity contribution in [2.75, 3.05) is 40.3 Å². The van der Waals surface area contributed by atoms with Crippen LogP contribution in [0.4, 0.5) is 0 Å². The van der Waals surface area contributed by atoms with E-state index in [-0.39, 0.29) is 0 Å². The Morgan fingerprint density at radius 3 is 2.53 bits per heavy atom. The van der Waals surface area contributed by atoms with Gasteiger partial charge in [-0.15, -0.1) is 0 Å². The van der Waals surface area contributed by atoms with E-state index in [0.717, 1.165) is 30.5 Å². The van der Waals surface area contributed by atoms with Gasteiger partial charge in [0.25, 0.3) is 0 Å². The molecule has 4 unspecified atom stereocenters. The van der Waals surface area contributed by atoms with Crippen molar-refractivity contribution in [1.82, 2.24) is 15.1 Å². The van der Waals surface area contributed by atoms with Crippen LogP contribution in [0.15, 0.2) is 0 Å². The number of rotatable bonds is 5. The van der Waals surface area contributed by atoms with E-state index in [9.17, 15) is 0 Å². The quantitative estimate of drug-likeness (QED) is 0.822. The van der Waals surface area contributed by atoms with Crippen molar-refractivity contribution in [1.29, 1.82) is 0 Å². The maximum absolute atomic E-state index is 3.72. The first kappa shape index (κ1) is 15.3. The predicted molar refractivity (Wildman–Crippen MR) is 82.5 cm³/mol. The van der Waals surface area contributed by atoms with Gasteiger partial charge in [0.05, 0.1) is 0 Å². The molecule has 2 fully saturated rings. The lowest BCUT2D eigenvalue weighted by Crippen LogP contribution is -2.44. The third kappa shape index (κ3) is 3.93. The monoisotopic (exact) mass is 267 g/mol. The van der Waals surface area contributed by atoms with Crippen LogP contribution in [0.5, 0.6) is 0 Å². The summed E-state index contributed by atoms with van der Waals surface area (Å²) < 4.78 is 0. The Bertz CT molecular complexity index is 265. The lowest BCUT2D eigenvalue weighted by molar-refractivity contribution is 0.181. The number of nitrogens with one attached hydrogen (secondary N) is 1. The first-order chi connectivity index (χ1) is 9.11. The first-order valence-electron chi connectivity index (χ1n) is 8.24. The molecule has 0 spiro atoms. The molecule has 0 radical (unpaired) electrons. The van der Waals surface area contributed by atoms with Crippen molar-refractivity contribution < 1.29 is 0 Å². The minimum Gasteiger partial charge on any atom is -0.314 e. The fraction of sp³-hybridized carbons (Fsp3) is 1.00. The molecule has 1 saturated carbocycles. The van der Waals surface area contributed by atoms with Gasteiger partial charge in [-0.2, -0.15) is 0 Å². The van der Waals surface area contributed by atoms with Crippen molar-refractivity contribution in [3.8, 4) is 0 Å². The average Bonchev–Trinajstić information content (AvgIpc) is 2.73. The molecule has 1 heterocycles. The molecule has 0 aromatic rings. The molecule has 0 aromatic carbocycles. The zero-order valence-electron chi connectivity index (χ0n) is 13.4. The molecule has 0 aromatic heterocycles. The molecule has 1 aliphatic heterocycles. The Balaban J connectivity index is 1.86. The highest BCUT2D eigenvalue weighted by Crippen LogP contribution is 2.28. The summed E-state index contributed by atoms with van der Waals surface area (Å²) in [6.45, 7) is 9.64. The van der Waals surface area contributed by atoms with Crippen molar-refractivity contribution in [2.45, 2.75) is 51.6 Å². The van der Waals surface area contributed by atoms with Crippen LogP contribution >= 0.6 is 0 Å². The summed E-state index contributed by atoms with van der Waals surface area (Å²) in [6.07, 6.45) is 5.67.